The van der Waals surface area contributed by atoms with Gasteiger partial charge in [-0.05, 0) is 18.6 Å². The van der Waals surface area contributed by atoms with E-state index < -0.39 is 10.0 Å². The molecule has 0 unspecified atom stereocenters. The maximum Gasteiger partial charge on any atom is 0.208 e. The molecule has 1 aromatic rings. The van der Waals surface area contributed by atoms with E-state index in [9.17, 15) is 8.42 Å². The van der Waals surface area contributed by atoms with Crippen molar-refractivity contribution in [2.75, 3.05) is 25.9 Å². The molecule has 0 spiro atoms. The highest BCUT2D eigenvalue weighted by molar-refractivity contribution is 7.88. The SMILES string of the molecule is CS(=O)(=O)N[C@@H]1CCN(CC#Cc2ccccc2Cl)C1. The third-order valence-electron chi connectivity index (χ3n) is 3.05. The standard InChI is InChI=1S/C14H17ClN2O2S/c1-20(18,19)16-13-8-10-17(11-13)9-4-6-12-5-2-3-7-14(12)15/h2-3,5,7,13,16H,8-11H2,1H3/t13-/m1/s1. The zero-order valence-corrected chi connectivity index (χ0v) is 12.8. The van der Waals surface area contributed by atoms with Crippen LogP contribution < -0.4 is 4.72 Å². The Bertz CT molecular complexity index is 634. The molecule has 20 heavy (non-hydrogen) atoms. The fourth-order valence-corrected chi connectivity index (χ4v) is 3.17. The fourth-order valence-electron chi connectivity index (χ4n) is 2.18. The monoisotopic (exact) mass is 312 g/mol. The van der Waals surface area contributed by atoms with E-state index in [1.54, 1.807) is 0 Å². The van der Waals surface area contributed by atoms with Gasteiger partial charge in [-0.25, -0.2) is 13.1 Å². The normalized spacial score (nSPS) is 19.6. The molecule has 6 heteroatoms. The lowest BCUT2D eigenvalue weighted by atomic mass is 10.2. The summed E-state index contributed by atoms with van der Waals surface area (Å²) in [6.07, 6.45) is 2.01. The van der Waals surface area contributed by atoms with Crippen molar-refractivity contribution in [3.8, 4) is 11.8 Å². The van der Waals surface area contributed by atoms with Crippen LogP contribution in [-0.2, 0) is 10.0 Å². The first-order valence-corrected chi connectivity index (χ1v) is 8.64. The fraction of sp³-hybridized carbons (Fsp3) is 0.429. The molecule has 0 bridgehead atoms. The van der Waals surface area contributed by atoms with Crippen LogP contribution in [-0.4, -0.2) is 45.2 Å². The van der Waals surface area contributed by atoms with Crippen LogP contribution in [0.4, 0.5) is 0 Å². The molecule has 1 aliphatic rings. The summed E-state index contributed by atoms with van der Waals surface area (Å²) in [6, 6.07) is 7.46. The van der Waals surface area contributed by atoms with Crippen LogP contribution in [0, 0.1) is 11.8 Å². The lowest BCUT2D eigenvalue weighted by Crippen LogP contribution is -2.36. The van der Waals surface area contributed by atoms with Crippen LogP contribution in [0.3, 0.4) is 0 Å². The first kappa shape index (κ1) is 15.3. The molecule has 1 heterocycles. The van der Waals surface area contributed by atoms with Gasteiger partial charge in [-0.15, -0.1) is 0 Å². The number of hydrogen-bond acceptors (Lipinski definition) is 3. The first-order chi connectivity index (χ1) is 9.44. The summed E-state index contributed by atoms with van der Waals surface area (Å²) in [7, 11) is -3.13. The topological polar surface area (TPSA) is 49.4 Å². The number of nitrogens with one attached hydrogen (secondary N) is 1. The maximum atomic E-state index is 11.2. The molecule has 108 valence electrons. The lowest BCUT2D eigenvalue weighted by molar-refractivity contribution is 0.374. The van der Waals surface area contributed by atoms with E-state index in [2.05, 4.69) is 21.5 Å². The molecule has 0 amide bonds. The number of hydrogen-bond donors (Lipinski definition) is 1. The molecule has 1 saturated heterocycles. The van der Waals surface area contributed by atoms with Gasteiger partial charge in [0, 0.05) is 24.7 Å². The van der Waals surface area contributed by atoms with Gasteiger partial charge in [-0.1, -0.05) is 35.6 Å². The predicted octanol–water partition coefficient (Wildman–Crippen LogP) is 1.31. The minimum atomic E-state index is -3.13. The number of halogens is 1. The second-order valence-electron chi connectivity index (χ2n) is 4.89. The minimum absolute atomic E-state index is 0.00730. The molecule has 2 rings (SSSR count). The van der Waals surface area contributed by atoms with E-state index >= 15 is 0 Å². The predicted molar refractivity (Wildman–Crippen MR) is 81.2 cm³/mol. The largest absolute Gasteiger partial charge is 0.291 e. The molecule has 1 N–H and O–H groups in total. The summed E-state index contributed by atoms with van der Waals surface area (Å²) in [6.45, 7) is 2.17. The second-order valence-corrected chi connectivity index (χ2v) is 7.08. The molecular weight excluding hydrogens is 296 g/mol. The summed E-state index contributed by atoms with van der Waals surface area (Å²) in [5.41, 5.74) is 0.819. The van der Waals surface area contributed by atoms with Crippen molar-refractivity contribution in [3.63, 3.8) is 0 Å². The Morgan fingerprint density at radius 1 is 1.45 bits per heavy atom. The molecule has 1 aromatic carbocycles. The van der Waals surface area contributed by atoms with E-state index in [1.165, 1.54) is 6.26 Å². The third-order valence-corrected chi connectivity index (χ3v) is 4.14. The molecular formula is C14H17ClN2O2S. The van der Waals surface area contributed by atoms with Crippen LogP contribution in [0.5, 0.6) is 0 Å². The van der Waals surface area contributed by atoms with Crippen LogP contribution >= 0.6 is 11.6 Å². The molecule has 0 aromatic heterocycles. The second kappa shape index (κ2) is 6.59. The zero-order chi connectivity index (χ0) is 14.6. The van der Waals surface area contributed by atoms with Gasteiger partial charge in [0.25, 0.3) is 0 Å². The van der Waals surface area contributed by atoms with Crippen molar-refractivity contribution in [1.29, 1.82) is 0 Å². The Morgan fingerprint density at radius 2 is 2.20 bits per heavy atom. The van der Waals surface area contributed by atoms with Crippen molar-refractivity contribution >= 4 is 21.6 Å². The van der Waals surface area contributed by atoms with E-state index in [0.717, 1.165) is 18.5 Å². The number of nitrogens with zero attached hydrogens (tertiary/aromatic N) is 1. The highest BCUT2D eigenvalue weighted by Gasteiger charge is 2.23. The van der Waals surface area contributed by atoms with Crippen LogP contribution in [0.2, 0.25) is 5.02 Å². The van der Waals surface area contributed by atoms with Crippen molar-refractivity contribution in [1.82, 2.24) is 9.62 Å². The summed E-state index contributed by atoms with van der Waals surface area (Å²) in [5.74, 6) is 6.12. The Hall–Kier alpha value is -1.06. The molecule has 4 nitrogen and oxygen atoms in total. The number of benzene rings is 1. The van der Waals surface area contributed by atoms with Crippen molar-refractivity contribution in [2.45, 2.75) is 12.5 Å². The van der Waals surface area contributed by atoms with Crippen molar-refractivity contribution in [2.24, 2.45) is 0 Å². The van der Waals surface area contributed by atoms with Crippen molar-refractivity contribution < 1.29 is 8.42 Å². The minimum Gasteiger partial charge on any atom is -0.291 e. The summed E-state index contributed by atoms with van der Waals surface area (Å²) >= 11 is 6.02. The van der Waals surface area contributed by atoms with Gasteiger partial charge in [0.15, 0.2) is 0 Å². The molecule has 0 saturated carbocycles. The van der Waals surface area contributed by atoms with Gasteiger partial charge >= 0.3 is 0 Å². The maximum absolute atomic E-state index is 11.2. The third kappa shape index (κ3) is 4.80. The van der Waals surface area contributed by atoms with Gasteiger partial charge in [0.2, 0.25) is 10.0 Å². The van der Waals surface area contributed by atoms with Crippen LogP contribution in [0.25, 0.3) is 0 Å². The van der Waals surface area contributed by atoms with E-state index in [0.29, 0.717) is 18.1 Å². The molecule has 1 atom stereocenters. The Labute approximate surface area is 125 Å². The summed E-state index contributed by atoms with van der Waals surface area (Å²) in [5, 5.41) is 0.651. The van der Waals surface area contributed by atoms with Crippen molar-refractivity contribution in [3.05, 3.63) is 34.9 Å². The Morgan fingerprint density at radius 3 is 2.90 bits per heavy atom. The Balaban J connectivity index is 1.87. The quantitative estimate of drug-likeness (QED) is 0.856. The lowest BCUT2D eigenvalue weighted by Gasteiger charge is -2.12. The number of likely N-dealkylation sites (tertiary alicyclic amines) is 1. The van der Waals surface area contributed by atoms with Gasteiger partial charge in [-0.2, -0.15) is 0 Å². The molecule has 0 radical (unpaired) electrons. The summed E-state index contributed by atoms with van der Waals surface area (Å²) < 4.78 is 24.9. The van der Waals surface area contributed by atoms with Crippen LogP contribution in [0.1, 0.15) is 12.0 Å². The number of rotatable bonds is 3. The highest BCUT2D eigenvalue weighted by Crippen LogP contribution is 2.13. The van der Waals surface area contributed by atoms with Crippen LogP contribution in [0.15, 0.2) is 24.3 Å². The average molecular weight is 313 g/mol. The summed E-state index contributed by atoms with van der Waals surface area (Å²) in [4.78, 5) is 2.13. The first-order valence-electron chi connectivity index (χ1n) is 6.37. The Kier molecular flexibility index (Phi) is 5.06. The smallest absolute Gasteiger partial charge is 0.208 e. The number of sulfonamides is 1. The van der Waals surface area contributed by atoms with Gasteiger partial charge in [0.05, 0.1) is 17.8 Å². The van der Waals surface area contributed by atoms with E-state index in [-0.39, 0.29) is 6.04 Å². The van der Waals surface area contributed by atoms with E-state index in [4.69, 9.17) is 11.6 Å². The van der Waals surface area contributed by atoms with E-state index in [1.807, 2.05) is 24.3 Å². The zero-order valence-electron chi connectivity index (χ0n) is 11.3. The average Bonchev–Trinajstić information content (AvgIpc) is 2.77. The molecule has 0 aliphatic carbocycles. The molecule has 1 fully saturated rings. The van der Waals surface area contributed by atoms with Gasteiger partial charge < -0.3 is 0 Å². The highest BCUT2D eigenvalue weighted by atomic mass is 35.5. The van der Waals surface area contributed by atoms with Gasteiger partial charge in [0.1, 0.15) is 0 Å². The molecule has 1 aliphatic heterocycles. The van der Waals surface area contributed by atoms with Gasteiger partial charge in [-0.3, -0.25) is 4.90 Å².